The van der Waals surface area contributed by atoms with E-state index in [1.807, 2.05) is 6.92 Å². The molecule has 1 aliphatic carbocycles. The molecule has 0 spiro atoms. The number of carbonyl (C=O) groups excluding carboxylic acids is 2. The third kappa shape index (κ3) is 3.69. The minimum Gasteiger partial charge on any atom is -0.369 e. The SMILES string of the molecule is CC(C(=O)N(C)C[C@@H]1C[C@H](F)CN1CC(N)=O)C1CC1. The normalized spacial score (nSPS) is 28.4. The molecular formula is C14H24FN3O2. The summed E-state index contributed by atoms with van der Waals surface area (Å²) in [7, 11) is 1.76. The van der Waals surface area contributed by atoms with E-state index in [1.54, 1.807) is 16.8 Å². The Hall–Kier alpha value is -1.17. The van der Waals surface area contributed by atoms with Gasteiger partial charge in [0.25, 0.3) is 0 Å². The van der Waals surface area contributed by atoms with Crippen molar-refractivity contribution in [3.05, 3.63) is 0 Å². The first-order chi connectivity index (χ1) is 9.38. The lowest BCUT2D eigenvalue weighted by Gasteiger charge is -2.29. The molecule has 0 aromatic heterocycles. The molecule has 0 aromatic rings. The Morgan fingerprint density at radius 2 is 2.10 bits per heavy atom. The number of alkyl halides is 1. The van der Waals surface area contributed by atoms with Crippen LogP contribution < -0.4 is 5.73 Å². The Labute approximate surface area is 119 Å². The van der Waals surface area contributed by atoms with Crippen LogP contribution in [0.15, 0.2) is 0 Å². The van der Waals surface area contributed by atoms with Crippen molar-refractivity contribution in [2.45, 2.75) is 38.4 Å². The number of amides is 2. The number of likely N-dealkylation sites (N-methyl/N-ethyl adjacent to an activating group) is 1. The van der Waals surface area contributed by atoms with E-state index in [0.717, 1.165) is 12.8 Å². The minimum atomic E-state index is -0.941. The van der Waals surface area contributed by atoms with Gasteiger partial charge in [0.1, 0.15) is 6.17 Å². The molecule has 0 radical (unpaired) electrons. The van der Waals surface area contributed by atoms with Gasteiger partial charge in [0, 0.05) is 32.1 Å². The van der Waals surface area contributed by atoms with Crippen molar-refractivity contribution in [2.75, 3.05) is 26.7 Å². The molecule has 2 amide bonds. The highest BCUT2D eigenvalue weighted by Crippen LogP contribution is 2.37. The molecule has 2 N–H and O–H groups in total. The van der Waals surface area contributed by atoms with Gasteiger partial charge in [0.2, 0.25) is 11.8 Å². The first-order valence-electron chi connectivity index (χ1n) is 7.30. The van der Waals surface area contributed by atoms with Crippen molar-refractivity contribution in [1.29, 1.82) is 0 Å². The van der Waals surface area contributed by atoms with Crippen LogP contribution in [0.5, 0.6) is 0 Å². The predicted molar refractivity (Wildman–Crippen MR) is 73.6 cm³/mol. The number of carbonyl (C=O) groups is 2. The first-order valence-corrected chi connectivity index (χ1v) is 7.30. The number of hydrogen-bond acceptors (Lipinski definition) is 3. The molecule has 1 saturated carbocycles. The molecule has 1 aliphatic heterocycles. The molecule has 1 heterocycles. The van der Waals surface area contributed by atoms with E-state index in [4.69, 9.17) is 5.73 Å². The maximum absolute atomic E-state index is 13.5. The molecule has 0 aromatic carbocycles. The summed E-state index contributed by atoms with van der Waals surface area (Å²) in [6.07, 6.45) is 1.68. The van der Waals surface area contributed by atoms with Gasteiger partial charge in [0.05, 0.1) is 6.54 Å². The summed E-state index contributed by atoms with van der Waals surface area (Å²) in [5.74, 6) is 0.231. The second kappa shape index (κ2) is 6.08. The van der Waals surface area contributed by atoms with Gasteiger partial charge in [-0.15, -0.1) is 0 Å². The molecule has 1 unspecified atom stereocenters. The summed E-state index contributed by atoms with van der Waals surface area (Å²) in [6, 6.07) is -0.113. The molecule has 6 heteroatoms. The van der Waals surface area contributed by atoms with E-state index in [0.29, 0.717) is 18.9 Å². The van der Waals surface area contributed by atoms with Crippen molar-refractivity contribution >= 4 is 11.8 Å². The van der Waals surface area contributed by atoms with Crippen molar-refractivity contribution < 1.29 is 14.0 Å². The number of likely N-dealkylation sites (tertiary alicyclic amines) is 1. The zero-order chi connectivity index (χ0) is 14.9. The van der Waals surface area contributed by atoms with E-state index in [-0.39, 0.29) is 31.0 Å². The summed E-state index contributed by atoms with van der Waals surface area (Å²) in [4.78, 5) is 26.7. The average molecular weight is 285 g/mol. The molecule has 0 bridgehead atoms. The van der Waals surface area contributed by atoms with Crippen LogP contribution in [0.4, 0.5) is 4.39 Å². The van der Waals surface area contributed by atoms with Crippen molar-refractivity contribution in [1.82, 2.24) is 9.80 Å². The molecule has 2 rings (SSSR count). The first kappa shape index (κ1) is 15.2. The van der Waals surface area contributed by atoms with E-state index in [9.17, 15) is 14.0 Å². The van der Waals surface area contributed by atoms with Crippen LogP contribution in [0.25, 0.3) is 0 Å². The fourth-order valence-electron chi connectivity index (χ4n) is 3.06. The Morgan fingerprint density at radius 1 is 1.45 bits per heavy atom. The summed E-state index contributed by atoms with van der Waals surface area (Å²) < 4.78 is 13.5. The zero-order valence-electron chi connectivity index (χ0n) is 12.2. The quantitative estimate of drug-likeness (QED) is 0.767. The molecule has 3 atom stereocenters. The van der Waals surface area contributed by atoms with Gasteiger partial charge >= 0.3 is 0 Å². The third-order valence-corrected chi connectivity index (χ3v) is 4.42. The second-order valence-electron chi connectivity index (χ2n) is 6.23. The van der Waals surface area contributed by atoms with E-state index in [2.05, 4.69) is 0 Å². The van der Waals surface area contributed by atoms with Crippen LogP contribution in [-0.4, -0.2) is 60.5 Å². The number of primary amides is 1. The van der Waals surface area contributed by atoms with Gasteiger partial charge in [-0.2, -0.15) is 0 Å². The van der Waals surface area contributed by atoms with Crippen LogP contribution in [0.1, 0.15) is 26.2 Å². The van der Waals surface area contributed by atoms with E-state index >= 15 is 0 Å². The highest BCUT2D eigenvalue weighted by atomic mass is 19.1. The Balaban J connectivity index is 1.89. The highest BCUT2D eigenvalue weighted by molar-refractivity contribution is 5.79. The van der Waals surface area contributed by atoms with Gasteiger partial charge in [-0.05, 0) is 25.2 Å². The largest absolute Gasteiger partial charge is 0.369 e. The van der Waals surface area contributed by atoms with Gasteiger partial charge < -0.3 is 10.6 Å². The topological polar surface area (TPSA) is 66.6 Å². The summed E-state index contributed by atoms with van der Waals surface area (Å²) in [6.45, 7) is 2.72. The van der Waals surface area contributed by atoms with E-state index < -0.39 is 12.1 Å². The summed E-state index contributed by atoms with van der Waals surface area (Å²) >= 11 is 0. The fraction of sp³-hybridized carbons (Fsp3) is 0.857. The average Bonchev–Trinajstić information content (AvgIpc) is 3.14. The molecular weight excluding hydrogens is 261 g/mol. The van der Waals surface area contributed by atoms with E-state index in [1.165, 1.54) is 0 Å². The van der Waals surface area contributed by atoms with Gasteiger partial charge in [-0.3, -0.25) is 14.5 Å². The van der Waals surface area contributed by atoms with Crippen LogP contribution in [0.3, 0.4) is 0 Å². The molecule has 5 nitrogen and oxygen atoms in total. The number of rotatable bonds is 6. The zero-order valence-corrected chi connectivity index (χ0v) is 12.2. The van der Waals surface area contributed by atoms with Gasteiger partial charge in [0.15, 0.2) is 0 Å². The van der Waals surface area contributed by atoms with Crippen LogP contribution >= 0.6 is 0 Å². The maximum Gasteiger partial charge on any atom is 0.231 e. The summed E-state index contributed by atoms with van der Waals surface area (Å²) in [5, 5.41) is 0. The Bertz CT molecular complexity index is 387. The number of nitrogens with zero attached hydrogens (tertiary/aromatic N) is 2. The van der Waals surface area contributed by atoms with Crippen molar-refractivity contribution in [3.8, 4) is 0 Å². The minimum absolute atomic E-state index is 0.0483. The fourth-order valence-corrected chi connectivity index (χ4v) is 3.06. The Morgan fingerprint density at radius 3 is 2.65 bits per heavy atom. The van der Waals surface area contributed by atoms with Gasteiger partial charge in [-0.25, -0.2) is 4.39 Å². The number of halogens is 1. The lowest BCUT2D eigenvalue weighted by Crippen LogP contribution is -2.45. The van der Waals surface area contributed by atoms with Gasteiger partial charge in [-0.1, -0.05) is 6.92 Å². The second-order valence-corrected chi connectivity index (χ2v) is 6.23. The monoisotopic (exact) mass is 285 g/mol. The molecule has 2 fully saturated rings. The molecule has 114 valence electrons. The van der Waals surface area contributed by atoms with Crippen molar-refractivity contribution in [2.24, 2.45) is 17.6 Å². The molecule has 20 heavy (non-hydrogen) atoms. The number of hydrogen-bond donors (Lipinski definition) is 1. The molecule has 2 aliphatic rings. The summed E-state index contributed by atoms with van der Waals surface area (Å²) in [5.41, 5.74) is 5.18. The predicted octanol–water partition coefficient (Wildman–Crippen LogP) is 0.389. The van der Waals surface area contributed by atoms with Crippen LogP contribution in [0, 0.1) is 11.8 Å². The smallest absolute Gasteiger partial charge is 0.231 e. The maximum atomic E-state index is 13.5. The molecule has 1 saturated heterocycles. The lowest BCUT2D eigenvalue weighted by molar-refractivity contribution is -0.135. The van der Waals surface area contributed by atoms with Crippen LogP contribution in [0.2, 0.25) is 0 Å². The lowest BCUT2D eigenvalue weighted by atomic mass is 10.0. The Kier molecular flexibility index (Phi) is 4.62. The highest BCUT2D eigenvalue weighted by Gasteiger charge is 2.37. The van der Waals surface area contributed by atoms with Crippen LogP contribution in [-0.2, 0) is 9.59 Å². The third-order valence-electron chi connectivity index (χ3n) is 4.42. The standard InChI is InChI=1S/C14H24FN3O2/c1-9(10-3-4-10)14(20)17(2)7-12-5-11(15)6-18(12)8-13(16)19/h9-12H,3-8H2,1-2H3,(H2,16,19)/t9?,11-,12-/m0/s1. The van der Waals surface area contributed by atoms with Crippen molar-refractivity contribution in [3.63, 3.8) is 0 Å². The number of nitrogens with two attached hydrogens (primary N) is 1.